The summed E-state index contributed by atoms with van der Waals surface area (Å²) < 4.78 is 5.51. The van der Waals surface area contributed by atoms with Gasteiger partial charge in [-0.1, -0.05) is 48.9 Å². The summed E-state index contributed by atoms with van der Waals surface area (Å²) in [5, 5.41) is 3.05. The quantitative estimate of drug-likeness (QED) is 0.684. The highest BCUT2D eigenvalue weighted by Gasteiger charge is 2.62. The minimum atomic E-state index is -0.556. The molecule has 3 aliphatic rings. The fourth-order valence-electron chi connectivity index (χ4n) is 6.00. The van der Waals surface area contributed by atoms with Crippen LogP contribution in [0.1, 0.15) is 44.6 Å². The van der Waals surface area contributed by atoms with Gasteiger partial charge in [-0.2, -0.15) is 0 Å². The van der Waals surface area contributed by atoms with Crippen LogP contribution in [0.5, 0.6) is 5.75 Å². The molecule has 0 radical (unpaired) electrons. The minimum absolute atomic E-state index is 0.0725. The van der Waals surface area contributed by atoms with Crippen molar-refractivity contribution in [2.24, 2.45) is 16.7 Å². The van der Waals surface area contributed by atoms with Gasteiger partial charge in [0.15, 0.2) is 0 Å². The van der Waals surface area contributed by atoms with Crippen molar-refractivity contribution in [1.82, 2.24) is 10.2 Å². The molecule has 2 atom stereocenters. The SMILES string of the molecule is CCNC(=O)[C@]1(Cc2ccc(-c3ccccc3OC)cc2)CCN(C(=O)[C@H]2CC23CCC3)C1. The van der Waals surface area contributed by atoms with Crippen molar-refractivity contribution in [3.8, 4) is 16.9 Å². The molecule has 2 aliphatic carbocycles. The molecule has 33 heavy (non-hydrogen) atoms. The number of rotatable bonds is 7. The van der Waals surface area contributed by atoms with Crippen LogP contribution in [0.4, 0.5) is 0 Å². The van der Waals surface area contributed by atoms with Crippen LogP contribution < -0.4 is 10.1 Å². The first-order valence-corrected chi connectivity index (χ1v) is 12.3. The van der Waals surface area contributed by atoms with E-state index in [1.54, 1.807) is 7.11 Å². The third kappa shape index (κ3) is 3.92. The van der Waals surface area contributed by atoms with E-state index in [9.17, 15) is 9.59 Å². The van der Waals surface area contributed by atoms with Gasteiger partial charge < -0.3 is 15.0 Å². The number of nitrogens with one attached hydrogen (secondary N) is 1. The molecule has 2 saturated carbocycles. The van der Waals surface area contributed by atoms with Crippen molar-refractivity contribution >= 4 is 11.8 Å². The number of hydrogen-bond donors (Lipinski definition) is 1. The lowest BCUT2D eigenvalue weighted by atomic mass is 9.79. The van der Waals surface area contributed by atoms with E-state index in [1.807, 2.05) is 30.0 Å². The van der Waals surface area contributed by atoms with Gasteiger partial charge in [-0.05, 0) is 61.6 Å². The van der Waals surface area contributed by atoms with E-state index >= 15 is 0 Å². The number of methoxy groups -OCH3 is 1. The van der Waals surface area contributed by atoms with Gasteiger partial charge in [0.1, 0.15) is 5.75 Å². The predicted octanol–water partition coefficient (Wildman–Crippen LogP) is 4.45. The van der Waals surface area contributed by atoms with Crippen LogP contribution in [0, 0.1) is 16.7 Å². The molecule has 1 heterocycles. The van der Waals surface area contributed by atoms with Crippen molar-refractivity contribution < 1.29 is 14.3 Å². The molecule has 5 heteroatoms. The predicted molar refractivity (Wildman–Crippen MR) is 129 cm³/mol. The van der Waals surface area contributed by atoms with Gasteiger partial charge in [0.25, 0.3) is 0 Å². The van der Waals surface area contributed by atoms with Crippen LogP contribution in [0.15, 0.2) is 48.5 Å². The van der Waals surface area contributed by atoms with E-state index in [1.165, 1.54) is 19.3 Å². The molecule has 0 aromatic heterocycles. The third-order valence-electron chi connectivity index (χ3n) is 8.24. The summed E-state index contributed by atoms with van der Waals surface area (Å²) in [6.45, 7) is 3.77. The number of carbonyl (C=O) groups excluding carboxylic acids is 2. The minimum Gasteiger partial charge on any atom is -0.496 e. The van der Waals surface area contributed by atoms with Crippen LogP contribution in [0.3, 0.4) is 0 Å². The highest BCUT2D eigenvalue weighted by Crippen LogP contribution is 2.66. The van der Waals surface area contributed by atoms with Crippen LogP contribution in [0.2, 0.25) is 0 Å². The monoisotopic (exact) mass is 446 g/mol. The summed E-state index contributed by atoms with van der Waals surface area (Å²) in [5.41, 5.74) is 3.03. The average Bonchev–Trinajstić information content (AvgIpc) is 3.46. The molecule has 0 bridgehead atoms. The van der Waals surface area contributed by atoms with Crippen LogP contribution in [0.25, 0.3) is 11.1 Å². The molecule has 2 aromatic carbocycles. The number of hydrogen-bond acceptors (Lipinski definition) is 3. The Morgan fingerprint density at radius 1 is 1.09 bits per heavy atom. The fraction of sp³-hybridized carbons (Fsp3) is 0.500. The van der Waals surface area contributed by atoms with Gasteiger partial charge in [0.2, 0.25) is 11.8 Å². The van der Waals surface area contributed by atoms with Crippen molar-refractivity contribution in [2.45, 2.75) is 45.4 Å². The maximum Gasteiger partial charge on any atom is 0.228 e. The zero-order valence-corrected chi connectivity index (χ0v) is 19.7. The average molecular weight is 447 g/mol. The van der Waals surface area contributed by atoms with Crippen LogP contribution >= 0.6 is 0 Å². The highest BCUT2D eigenvalue weighted by molar-refractivity contribution is 5.87. The van der Waals surface area contributed by atoms with Gasteiger partial charge >= 0.3 is 0 Å². The second-order valence-corrected chi connectivity index (χ2v) is 10.2. The molecule has 3 fully saturated rings. The molecule has 1 saturated heterocycles. The summed E-state index contributed by atoms with van der Waals surface area (Å²) in [6, 6.07) is 16.4. The first kappa shape index (κ1) is 22.0. The van der Waals surface area contributed by atoms with Gasteiger partial charge in [-0.15, -0.1) is 0 Å². The molecule has 2 amide bonds. The number of carbonyl (C=O) groups is 2. The van der Waals surface area contributed by atoms with Crippen LogP contribution in [-0.4, -0.2) is 43.5 Å². The molecule has 174 valence electrons. The Morgan fingerprint density at radius 3 is 2.48 bits per heavy atom. The van der Waals surface area contributed by atoms with E-state index in [4.69, 9.17) is 4.74 Å². The normalized spacial score (nSPS) is 24.9. The molecule has 1 N–H and O–H groups in total. The largest absolute Gasteiger partial charge is 0.496 e. The fourth-order valence-corrected chi connectivity index (χ4v) is 6.00. The van der Waals surface area contributed by atoms with E-state index in [0.29, 0.717) is 31.5 Å². The molecule has 5 nitrogen and oxygen atoms in total. The molecule has 0 unspecified atom stereocenters. The summed E-state index contributed by atoms with van der Waals surface area (Å²) in [4.78, 5) is 28.4. The van der Waals surface area contributed by atoms with Crippen LogP contribution in [-0.2, 0) is 16.0 Å². The first-order chi connectivity index (χ1) is 16.0. The maximum atomic E-state index is 13.2. The smallest absolute Gasteiger partial charge is 0.228 e. The number of para-hydroxylation sites is 1. The Hall–Kier alpha value is -2.82. The Balaban J connectivity index is 1.33. The lowest BCUT2D eigenvalue weighted by molar-refractivity contribution is -0.135. The van der Waals surface area contributed by atoms with Gasteiger partial charge in [0, 0.05) is 31.1 Å². The summed E-state index contributed by atoms with van der Waals surface area (Å²) in [7, 11) is 1.69. The standard InChI is InChI=1S/C28H34N2O3/c1-3-29-26(32)28(15-16-30(19-28)25(31)23-18-27(23)13-6-14-27)17-20-9-11-21(12-10-20)22-7-4-5-8-24(22)33-2/h4-5,7-12,23H,3,6,13-19H2,1-2H3,(H,29,32)/t23-,28+/m1/s1. The second-order valence-electron chi connectivity index (χ2n) is 10.2. The Morgan fingerprint density at radius 2 is 1.85 bits per heavy atom. The van der Waals surface area contributed by atoms with Gasteiger partial charge in [-0.3, -0.25) is 9.59 Å². The molecule has 1 aliphatic heterocycles. The van der Waals surface area contributed by atoms with Gasteiger partial charge in [0.05, 0.1) is 12.5 Å². The summed E-state index contributed by atoms with van der Waals surface area (Å²) in [6.07, 6.45) is 6.09. The van der Waals surface area contributed by atoms with E-state index in [-0.39, 0.29) is 17.7 Å². The molecule has 1 spiro atoms. The molecule has 5 rings (SSSR count). The zero-order chi connectivity index (χ0) is 23.1. The summed E-state index contributed by atoms with van der Waals surface area (Å²) in [5.74, 6) is 1.41. The van der Waals surface area contributed by atoms with E-state index in [2.05, 4.69) is 35.6 Å². The van der Waals surface area contributed by atoms with Crippen molar-refractivity contribution in [2.75, 3.05) is 26.7 Å². The Kier molecular flexibility index (Phi) is 5.67. The Bertz CT molecular complexity index is 1040. The molecular formula is C28H34N2O3. The highest BCUT2D eigenvalue weighted by atomic mass is 16.5. The van der Waals surface area contributed by atoms with E-state index < -0.39 is 5.41 Å². The number of nitrogens with zero attached hydrogens (tertiary/aromatic N) is 1. The Labute approximate surface area is 196 Å². The van der Waals surface area contributed by atoms with Crippen molar-refractivity contribution in [3.63, 3.8) is 0 Å². The number of amides is 2. The number of ether oxygens (including phenoxy) is 1. The lowest BCUT2D eigenvalue weighted by Gasteiger charge is -2.30. The topological polar surface area (TPSA) is 58.6 Å². The summed E-state index contributed by atoms with van der Waals surface area (Å²) >= 11 is 0. The maximum absolute atomic E-state index is 13.2. The number of likely N-dealkylation sites (tertiary alicyclic amines) is 1. The van der Waals surface area contributed by atoms with Crippen molar-refractivity contribution in [1.29, 1.82) is 0 Å². The number of benzene rings is 2. The zero-order valence-electron chi connectivity index (χ0n) is 19.7. The lowest BCUT2D eigenvalue weighted by Crippen LogP contribution is -2.45. The second kappa shape index (κ2) is 8.51. The third-order valence-corrected chi connectivity index (χ3v) is 8.24. The molecular weight excluding hydrogens is 412 g/mol. The first-order valence-electron chi connectivity index (χ1n) is 12.3. The molecule has 2 aromatic rings. The van der Waals surface area contributed by atoms with Gasteiger partial charge in [-0.25, -0.2) is 0 Å². The van der Waals surface area contributed by atoms with E-state index in [0.717, 1.165) is 35.3 Å². The van der Waals surface area contributed by atoms with Crippen molar-refractivity contribution in [3.05, 3.63) is 54.1 Å².